The van der Waals surface area contributed by atoms with Gasteiger partial charge in [0.25, 0.3) is 0 Å². The van der Waals surface area contributed by atoms with Gasteiger partial charge in [0.1, 0.15) is 11.5 Å². The number of amides is 1. The summed E-state index contributed by atoms with van der Waals surface area (Å²) in [5.74, 6) is -2.01. The van der Waals surface area contributed by atoms with Gasteiger partial charge in [0.05, 0.1) is 17.0 Å². The molecule has 3 heterocycles. The molecule has 4 aromatic carbocycles. The minimum absolute atomic E-state index is 0.291. The van der Waals surface area contributed by atoms with Crippen molar-refractivity contribution in [1.29, 1.82) is 0 Å². The van der Waals surface area contributed by atoms with Crippen molar-refractivity contribution in [2.45, 2.75) is 17.5 Å². The topological polar surface area (TPSA) is 66.5 Å². The first-order chi connectivity index (χ1) is 19.4. The molecule has 1 N–H and O–H groups in total. The minimum Gasteiger partial charge on any atom is -0.352 e. The molecule has 3 aliphatic rings. The van der Waals surface area contributed by atoms with E-state index in [-0.39, 0.29) is 17.5 Å². The molecule has 196 valence electrons. The maximum absolute atomic E-state index is 14.7. The third-order valence-corrected chi connectivity index (χ3v) is 8.94. The van der Waals surface area contributed by atoms with Crippen LogP contribution in [0.3, 0.4) is 0 Å². The van der Waals surface area contributed by atoms with Crippen LogP contribution in [0.5, 0.6) is 0 Å². The lowest BCUT2D eigenvalue weighted by Gasteiger charge is -2.37. The Hall–Kier alpha value is -4.19. The predicted molar refractivity (Wildman–Crippen MR) is 157 cm³/mol. The molecule has 4 atom stereocenters. The summed E-state index contributed by atoms with van der Waals surface area (Å²) in [4.78, 5) is 45.6. The Morgan fingerprint density at radius 1 is 0.800 bits per heavy atom. The predicted octanol–water partition coefficient (Wildman–Crippen LogP) is 6.85. The van der Waals surface area contributed by atoms with Crippen molar-refractivity contribution >= 4 is 58.1 Å². The Kier molecular flexibility index (Phi) is 5.70. The molecule has 0 aliphatic carbocycles. The summed E-state index contributed by atoms with van der Waals surface area (Å²) in [5, 5.41) is 3.81. The number of carbonyl (C=O) groups is 3. The lowest BCUT2D eigenvalue weighted by molar-refractivity contribution is -0.121. The van der Waals surface area contributed by atoms with Gasteiger partial charge >= 0.3 is 0 Å². The smallest absolute Gasteiger partial charge is 0.238 e. The number of hydrogen-bond donors (Lipinski definition) is 1. The van der Waals surface area contributed by atoms with Gasteiger partial charge in [0, 0.05) is 27.5 Å². The second-order valence-electron chi connectivity index (χ2n) is 10.3. The van der Waals surface area contributed by atoms with E-state index in [1.165, 1.54) is 0 Å². The Balaban J connectivity index is 1.55. The molecule has 4 aromatic rings. The number of nitrogens with zero attached hydrogens (tertiary/aromatic N) is 1. The van der Waals surface area contributed by atoms with Gasteiger partial charge in [-0.1, -0.05) is 83.9 Å². The molecule has 1 fully saturated rings. The van der Waals surface area contributed by atoms with E-state index < -0.39 is 23.4 Å². The van der Waals surface area contributed by atoms with Crippen molar-refractivity contribution in [3.8, 4) is 0 Å². The highest BCUT2D eigenvalue weighted by Crippen LogP contribution is 2.58. The summed E-state index contributed by atoms with van der Waals surface area (Å²) in [7, 11) is 0. The molecule has 40 heavy (non-hydrogen) atoms. The first kappa shape index (κ1) is 24.8. The average molecular weight is 565 g/mol. The number of para-hydroxylation sites is 2. The number of Topliss-reactive ketones (excluding diaryl/α,β-unsaturated/α-hetero) is 2. The maximum atomic E-state index is 14.7. The molecule has 0 unspecified atom stereocenters. The second kappa shape index (κ2) is 9.19. The van der Waals surface area contributed by atoms with Crippen LogP contribution >= 0.6 is 23.2 Å². The van der Waals surface area contributed by atoms with Crippen LogP contribution in [0, 0.1) is 5.92 Å². The maximum Gasteiger partial charge on any atom is 0.238 e. The number of anilines is 2. The average Bonchev–Trinajstić information content (AvgIpc) is 3.45. The van der Waals surface area contributed by atoms with E-state index in [4.69, 9.17) is 23.2 Å². The molecule has 0 aromatic heterocycles. The van der Waals surface area contributed by atoms with Gasteiger partial charge in [-0.05, 0) is 59.7 Å². The largest absolute Gasteiger partial charge is 0.352 e. The van der Waals surface area contributed by atoms with Crippen molar-refractivity contribution in [2.75, 3.05) is 10.2 Å². The molecule has 1 spiro atoms. The number of rotatable bonds is 4. The molecule has 0 radical (unpaired) electrons. The summed E-state index contributed by atoms with van der Waals surface area (Å²) >= 11 is 12.7. The molecule has 7 heteroatoms. The van der Waals surface area contributed by atoms with E-state index in [0.717, 1.165) is 11.3 Å². The van der Waals surface area contributed by atoms with Crippen LogP contribution in [0.15, 0.2) is 103 Å². The van der Waals surface area contributed by atoms with E-state index in [2.05, 4.69) is 5.32 Å². The molecular weight excluding hydrogens is 543 g/mol. The quantitative estimate of drug-likeness (QED) is 0.275. The van der Waals surface area contributed by atoms with E-state index in [9.17, 15) is 14.4 Å². The van der Waals surface area contributed by atoms with Crippen LogP contribution < -0.4 is 10.2 Å². The summed E-state index contributed by atoms with van der Waals surface area (Å²) in [6.45, 7) is 0. The number of benzene rings is 4. The first-order valence-electron chi connectivity index (χ1n) is 13.0. The van der Waals surface area contributed by atoms with Gasteiger partial charge in [-0.25, -0.2) is 0 Å². The Labute approximate surface area is 241 Å². The standard InChI is InChI=1S/C33H22Cl2N2O3/c34-21-16-13-20(14-17-21)30(38)28-29(31(39)22-8-2-4-10-24(22)35)37-26-12-6-1-7-19(26)15-18-27(37)33(28)23-9-3-5-11-25(23)36-32(33)40/h1-18,27-29H,(H,36,40)/t27-,28-,29+,33-/m1/s1. The molecule has 1 saturated heterocycles. The molecule has 7 rings (SSSR count). The van der Waals surface area contributed by atoms with E-state index in [0.29, 0.717) is 32.4 Å². The van der Waals surface area contributed by atoms with Crippen LogP contribution in [0.1, 0.15) is 31.8 Å². The van der Waals surface area contributed by atoms with Crippen LogP contribution in [-0.4, -0.2) is 29.6 Å². The summed E-state index contributed by atoms with van der Waals surface area (Å²) < 4.78 is 0. The van der Waals surface area contributed by atoms with Crippen molar-refractivity contribution < 1.29 is 14.4 Å². The van der Waals surface area contributed by atoms with Crippen molar-refractivity contribution in [3.63, 3.8) is 0 Å². The Morgan fingerprint density at radius 3 is 2.30 bits per heavy atom. The lowest BCUT2D eigenvalue weighted by atomic mass is 9.64. The highest BCUT2D eigenvalue weighted by Gasteiger charge is 2.70. The molecule has 0 saturated carbocycles. The monoisotopic (exact) mass is 564 g/mol. The molecule has 3 aliphatic heterocycles. The van der Waals surface area contributed by atoms with Gasteiger partial charge < -0.3 is 10.2 Å². The summed E-state index contributed by atoms with van der Waals surface area (Å²) in [6, 6.07) is 26.9. The summed E-state index contributed by atoms with van der Waals surface area (Å²) in [6.07, 6.45) is 3.92. The number of carbonyl (C=O) groups excluding carboxylic acids is 3. The number of fused-ring (bicyclic) bond motifs is 6. The fourth-order valence-electron chi connectivity index (χ4n) is 6.73. The van der Waals surface area contributed by atoms with E-state index in [1.807, 2.05) is 65.6 Å². The highest BCUT2D eigenvalue weighted by atomic mass is 35.5. The van der Waals surface area contributed by atoms with Crippen LogP contribution in [0.2, 0.25) is 10.0 Å². The number of halogens is 2. The van der Waals surface area contributed by atoms with Crippen molar-refractivity contribution in [3.05, 3.63) is 135 Å². The van der Waals surface area contributed by atoms with Crippen LogP contribution in [0.4, 0.5) is 11.4 Å². The third kappa shape index (κ3) is 3.38. The molecule has 5 nitrogen and oxygen atoms in total. The van der Waals surface area contributed by atoms with Gasteiger partial charge in [0.15, 0.2) is 11.6 Å². The summed E-state index contributed by atoms with van der Waals surface area (Å²) in [5.41, 5.74) is 2.32. The minimum atomic E-state index is -1.38. The van der Waals surface area contributed by atoms with Gasteiger partial charge in [-0.15, -0.1) is 0 Å². The van der Waals surface area contributed by atoms with Crippen molar-refractivity contribution in [2.24, 2.45) is 5.92 Å². The van der Waals surface area contributed by atoms with E-state index in [1.54, 1.807) is 48.5 Å². The van der Waals surface area contributed by atoms with Gasteiger partial charge in [-0.3, -0.25) is 14.4 Å². The number of hydrogen-bond acceptors (Lipinski definition) is 4. The Bertz CT molecular complexity index is 1750. The second-order valence-corrected chi connectivity index (χ2v) is 11.1. The zero-order valence-corrected chi connectivity index (χ0v) is 22.6. The zero-order valence-electron chi connectivity index (χ0n) is 21.1. The zero-order chi connectivity index (χ0) is 27.6. The number of ketones is 2. The van der Waals surface area contributed by atoms with Crippen LogP contribution in [0.25, 0.3) is 6.08 Å². The lowest BCUT2D eigenvalue weighted by Crippen LogP contribution is -2.51. The number of nitrogens with one attached hydrogen (secondary N) is 1. The normalized spacial score (nSPS) is 23.9. The molecule has 1 amide bonds. The van der Waals surface area contributed by atoms with E-state index >= 15 is 0 Å². The van der Waals surface area contributed by atoms with Gasteiger partial charge in [0.2, 0.25) is 5.91 Å². The molecular formula is C33H22Cl2N2O3. The van der Waals surface area contributed by atoms with Gasteiger partial charge in [-0.2, -0.15) is 0 Å². The first-order valence-corrected chi connectivity index (χ1v) is 13.7. The third-order valence-electron chi connectivity index (χ3n) is 8.36. The fraction of sp³-hybridized carbons (Fsp3) is 0.121. The molecule has 0 bridgehead atoms. The Morgan fingerprint density at radius 2 is 1.50 bits per heavy atom. The SMILES string of the molecule is O=C(c1ccccc1Cl)[C@@H]1[C@H](C(=O)c2ccc(Cl)cc2)[C@]2(C(=O)Nc3ccccc32)[C@H]2C=Cc3ccccc3N12. The van der Waals surface area contributed by atoms with Crippen LogP contribution in [-0.2, 0) is 10.2 Å². The highest BCUT2D eigenvalue weighted by molar-refractivity contribution is 6.34. The fourth-order valence-corrected chi connectivity index (χ4v) is 7.09. The van der Waals surface area contributed by atoms with Crippen molar-refractivity contribution in [1.82, 2.24) is 0 Å².